The lowest BCUT2D eigenvalue weighted by atomic mass is 10.2. The van der Waals surface area contributed by atoms with E-state index in [1.165, 1.54) is 4.90 Å². The Hall–Kier alpha value is -2.12. The largest absolute Gasteiger partial charge is 0.453 e. The number of halogens is 1. The first-order valence-electron chi connectivity index (χ1n) is 6.48. The molecule has 22 heavy (non-hydrogen) atoms. The van der Waals surface area contributed by atoms with Gasteiger partial charge in [-0.1, -0.05) is 11.6 Å². The van der Waals surface area contributed by atoms with Crippen LogP contribution in [0.3, 0.4) is 0 Å². The summed E-state index contributed by atoms with van der Waals surface area (Å²) in [5, 5.41) is 5.31. The van der Waals surface area contributed by atoms with Gasteiger partial charge in [0.2, 0.25) is 11.8 Å². The third kappa shape index (κ3) is 5.71. The topological polar surface area (TPSA) is 87.7 Å². The minimum absolute atomic E-state index is 0.0155. The van der Waals surface area contributed by atoms with E-state index in [1.807, 2.05) is 0 Å². The molecule has 1 aromatic rings. The SMILES string of the molecule is COC(=O)NC(=O)[C@H](C)N(C)CC(=O)Nc1ccc(Cl)cc1. The predicted molar refractivity (Wildman–Crippen MR) is 82.7 cm³/mol. The molecule has 1 rings (SSSR count). The molecule has 0 unspecified atom stereocenters. The number of methoxy groups -OCH3 is 1. The number of hydrogen-bond acceptors (Lipinski definition) is 5. The molecule has 1 aromatic carbocycles. The zero-order valence-corrected chi connectivity index (χ0v) is 13.3. The molecule has 0 fully saturated rings. The maximum absolute atomic E-state index is 11.9. The minimum atomic E-state index is -0.837. The molecule has 1 atom stereocenters. The number of carbonyl (C=O) groups is 3. The summed E-state index contributed by atoms with van der Waals surface area (Å²) in [6.07, 6.45) is -0.837. The lowest BCUT2D eigenvalue weighted by molar-refractivity contribution is -0.125. The van der Waals surface area contributed by atoms with Crippen molar-refractivity contribution >= 4 is 35.2 Å². The average molecular weight is 328 g/mol. The summed E-state index contributed by atoms with van der Waals surface area (Å²) in [5.41, 5.74) is 0.606. The Morgan fingerprint density at radius 3 is 2.41 bits per heavy atom. The van der Waals surface area contributed by atoms with Gasteiger partial charge in [0.15, 0.2) is 0 Å². The number of ether oxygens (including phenoxy) is 1. The van der Waals surface area contributed by atoms with Crippen molar-refractivity contribution in [3.8, 4) is 0 Å². The lowest BCUT2D eigenvalue weighted by Crippen LogP contribution is -2.47. The normalized spacial score (nSPS) is 11.7. The van der Waals surface area contributed by atoms with E-state index in [0.717, 1.165) is 7.11 Å². The molecule has 0 saturated heterocycles. The molecule has 0 radical (unpaired) electrons. The van der Waals surface area contributed by atoms with Crippen molar-refractivity contribution in [3.05, 3.63) is 29.3 Å². The summed E-state index contributed by atoms with van der Waals surface area (Å²) in [4.78, 5) is 36.1. The number of imide groups is 1. The highest BCUT2D eigenvalue weighted by molar-refractivity contribution is 6.30. The number of rotatable bonds is 5. The summed E-state index contributed by atoms with van der Waals surface area (Å²) < 4.78 is 4.34. The molecule has 120 valence electrons. The summed E-state index contributed by atoms with van der Waals surface area (Å²) in [5.74, 6) is -0.837. The summed E-state index contributed by atoms with van der Waals surface area (Å²) >= 11 is 5.76. The molecule has 0 heterocycles. The Labute approximate surface area is 133 Å². The summed E-state index contributed by atoms with van der Waals surface area (Å²) in [6.45, 7) is 1.56. The standard InChI is InChI=1S/C14H18ClN3O4/c1-9(13(20)17-14(21)22-3)18(2)8-12(19)16-11-6-4-10(15)5-7-11/h4-7,9H,8H2,1-3H3,(H,16,19)(H,17,20,21)/t9-/m0/s1. The van der Waals surface area contributed by atoms with Gasteiger partial charge < -0.3 is 10.1 Å². The number of benzene rings is 1. The van der Waals surface area contributed by atoms with Gasteiger partial charge in [0.05, 0.1) is 19.7 Å². The number of nitrogens with one attached hydrogen (secondary N) is 2. The van der Waals surface area contributed by atoms with Crippen LogP contribution in [0.1, 0.15) is 6.92 Å². The third-order valence-electron chi connectivity index (χ3n) is 2.97. The molecule has 0 aliphatic carbocycles. The van der Waals surface area contributed by atoms with Crippen LogP contribution in [0.4, 0.5) is 10.5 Å². The van der Waals surface area contributed by atoms with Gasteiger partial charge in [0.25, 0.3) is 0 Å². The Morgan fingerprint density at radius 2 is 1.86 bits per heavy atom. The quantitative estimate of drug-likeness (QED) is 0.855. The molecule has 7 nitrogen and oxygen atoms in total. The van der Waals surface area contributed by atoms with Crippen LogP contribution in [0, 0.1) is 0 Å². The van der Waals surface area contributed by atoms with Gasteiger partial charge in [-0.05, 0) is 38.2 Å². The first-order valence-corrected chi connectivity index (χ1v) is 6.85. The Kier molecular flexibility index (Phi) is 6.81. The second kappa shape index (κ2) is 8.35. The van der Waals surface area contributed by atoms with Crippen LogP contribution < -0.4 is 10.6 Å². The molecule has 0 aliphatic rings. The fourth-order valence-corrected chi connectivity index (χ4v) is 1.68. The van der Waals surface area contributed by atoms with Crippen molar-refractivity contribution in [2.45, 2.75) is 13.0 Å². The zero-order chi connectivity index (χ0) is 16.7. The van der Waals surface area contributed by atoms with Gasteiger partial charge in [0.1, 0.15) is 0 Å². The zero-order valence-electron chi connectivity index (χ0n) is 12.6. The van der Waals surface area contributed by atoms with E-state index in [4.69, 9.17) is 11.6 Å². The molecule has 2 N–H and O–H groups in total. The van der Waals surface area contributed by atoms with Crippen molar-refractivity contribution in [3.63, 3.8) is 0 Å². The molecular weight excluding hydrogens is 310 g/mol. The smallest absolute Gasteiger partial charge is 0.413 e. The van der Waals surface area contributed by atoms with Crippen LogP contribution in [0.5, 0.6) is 0 Å². The maximum atomic E-state index is 11.9. The molecule has 0 aromatic heterocycles. The van der Waals surface area contributed by atoms with E-state index in [9.17, 15) is 14.4 Å². The fourth-order valence-electron chi connectivity index (χ4n) is 1.55. The molecule has 3 amide bonds. The van der Waals surface area contributed by atoms with E-state index < -0.39 is 18.0 Å². The lowest BCUT2D eigenvalue weighted by Gasteiger charge is -2.22. The van der Waals surface area contributed by atoms with E-state index in [-0.39, 0.29) is 12.5 Å². The van der Waals surface area contributed by atoms with Crippen LogP contribution >= 0.6 is 11.6 Å². The van der Waals surface area contributed by atoms with Crippen LogP contribution in [-0.4, -0.2) is 49.6 Å². The van der Waals surface area contributed by atoms with Gasteiger partial charge in [-0.2, -0.15) is 0 Å². The monoisotopic (exact) mass is 327 g/mol. The first-order chi connectivity index (χ1) is 10.3. The Morgan fingerprint density at radius 1 is 1.27 bits per heavy atom. The van der Waals surface area contributed by atoms with Gasteiger partial charge in [0, 0.05) is 10.7 Å². The third-order valence-corrected chi connectivity index (χ3v) is 3.22. The second-order valence-electron chi connectivity index (χ2n) is 4.63. The van der Waals surface area contributed by atoms with Crippen molar-refractivity contribution in [1.29, 1.82) is 0 Å². The number of anilines is 1. The highest BCUT2D eigenvalue weighted by Gasteiger charge is 2.22. The molecule has 8 heteroatoms. The van der Waals surface area contributed by atoms with Crippen molar-refractivity contribution in [1.82, 2.24) is 10.2 Å². The number of carbonyl (C=O) groups excluding carboxylic acids is 3. The number of nitrogens with zero attached hydrogens (tertiary/aromatic N) is 1. The van der Waals surface area contributed by atoms with Gasteiger partial charge in [-0.15, -0.1) is 0 Å². The number of hydrogen-bond donors (Lipinski definition) is 2. The van der Waals surface area contributed by atoms with Crippen molar-refractivity contribution in [2.24, 2.45) is 0 Å². The van der Waals surface area contributed by atoms with E-state index in [0.29, 0.717) is 10.7 Å². The van der Waals surface area contributed by atoms with Crippen LogP contribution in [0.2, 0.25) is 5.02 Å². The number of alkyl carbamates (subject to hydrolysis) is 1. The fraction of sp³-hybridized carbons (Fsp3) is 0.357. The van der Waals surface area contributed by atoms with Gasteiger partial charge in [-0.3, -0.25) is 19.8 Å². The highest BCUT2D eigenvalue weighted by atomic mass is 35.5. The van der Waals surface area contributed by atoms with Crippen molar-refractivity contribution < 1.29 is 19.1 Å². The second-order valence-corrected chi connectivity index (χ2v) is 5.06. The highest BCUT2D eigenvalue weighted by Crippen LogP contribution is 2.13. The molecule has 0 saturated carbocycles. The number of amides is 3. The molecule has 0 aliphatic heterocycles. The van der Waals surface area contributed by atoms with Gasteiger partial charge >= 0.3 is 6.09 Å². The minimum Gasteiger partial charge on any atom is -0.453 e. The van der Waals surface area contributed by atoms with Crippen LogP contribution in [0.15, 0.2) is 24.3 Å². The molecule has 0 spiro atoms. The maximum Gasteiger partial charge on any atom is 0.413 e. The first kappa shape index (κ1) is 17.9. The predicted octanol–water partition coefficient (Wildman–Crippen LogP) is 1.48. The van der Waals surface area contributed by atoms with Gasteiger partial charge in [-0.25, -0.2) is 4.79 Å². The van der Waals surface area contributed by atoms with Crippen LogP contribution in [-0.2, 0) is 14.3 Å². The average Bonchev–Trinajstić information content (AvgIpc) is 2.48. The summed E-state index contributed by atoms with van der Waals surface area (Å²) in [7, 11) is 2.76. The number of likely N-dealkylation sites (N-methyl/N-ethyl adjacent to an activating group) is 1. The Balaban J connectivity index is 2.50. The summed E-state index contributed by atoms with van der Waals surface area (Å²) in [6, 6.07) is 6.00. The molecular formula is C14H18ClN3O4. The van der Waals surface area contributed by atoms with Crippen LogP contribution in [0.25, 0.3) is 0 Å². The van der Waals surface area contributed by atoms with E-state index in [2.05, 4.69) is 15.4 Å². The Bertz CT molecular complexity index is 548. The van der Waals surface area contributed by atoms with E-state index in [1.54, 1.807) is 38.2 Å². The van der Waals surface area contributed by atoms with E-state index >= 15 is 0 Å². The molecule has 0 bridgehead atoms. The van der Waals surface area contributed by atoms with Crippen molar-refractivity contribution in [2.75, 3.05) is 26.0 Å².